The second-order valence-electron chi connectivity index (χ2n) is 6.24. The highest BCUT2D eigenvalue weighted by Crippen LogP contribution is 2.32. The number of fused-ring (bicyclic) bond motifs is 2. The summed E-state index contributed by atoms with van der Waals surface area (Å²) in [4.78, 5) is 39.5. The van der Waals surface area contributed by atoms with Crippen molar-refractivity contribution in [3.8, 4) is 0 Å². The van der Waals surface area contributed by atoms with Crippen molar-refractivity contribution in [1.29, 1.82) is 0 Å². The largest absolute Gasteiger partial charge is 0.305 e. The molecular formula is C19H15FN2O3. The van der Waals surface area contributed by atoms with Gasteiger partial charge in [0.2, 0.25) is 0 Å². The molecule has 6 heteroatoms. The molecule has 4 rings (SSSR count). The maximum Gasteiger partial charge on any atom is 0.261 e. The Morgan fingerprint density at radius 2 is 1.84 bits per heavy atom. The van der Waals surface area contributed by atoms with E-state index < -0.39 is 11.7 Å². The molecule has 2 aromatic carbocycles. The van der Waals surface area contributed by atoms with Crippen LogP contribution in [0.25, 0.3) is 0 Å². The number of rotatable bonds is 1. The first kappa shape index (κ1) is 15.5. The molecule has 2 aliphatic heterocycles. The fraction of sp³-hybridized carbons (Fsp3) is 0.211. The lowest BCUT2D eigenvalue weighted by Crippen LogP contribution is -2.36. The van der Waals surface area contributed by atoms with Gasteiger partial charge in [0, 0.05) is 19.2 Å². The third kappa shape index (κ3) is 2.25. The van der Waals surface area contributed by atoms with Gasteiger partial charge in [-0.3, -0.25) is 19.3 Å². The van der Waals surface area contributed by atoms with Crippen LogP contribution in [0.2, 0.25) is 0 Å². The van der Waals surface area contributed by atoms with E-state index in [0.717, 1.165) is 23.3 Å². The van der Waals surface area contributed by atoms with Gasteiger partial charge in [0.25, 0.3) is 17.7 Å². The topological polar surface area (TPSA) is 57.7 Å². The summed E-state index contributed by atoms with van der Waals surface area (Å²) < 4.78 is 14.3. The number of imide groups is 1. The van der Waals surface area contributed by atoms with Crippen molar-refractivity contribution in [1.82, 2.24) is 4.90 Å². The summed E-state index contributed by atoms with van der Waals surface area (Å²) in [7, 11) is 1.41. The molecule has 0 spiro atoms. The summed E-state index contributed by atoms with van der Waals surface area (Å²) in [5.41, 5.74) is 1.87. The van der Waals surface area contributed by atoms with Crippen LogP contribution in [0.1, 0.15) is 43.1 Å². The molecule has 2 heterocycles. The van der Waals surface area contributed by atoms with Gasteiger partial charge in [-0.25, -0.2) is 4.39 Å². The summed E-state index contributed by atoms with van der Waals surface area (Å²) in [6, 6.07) is 9.22. The van der Waals surface area contributed by atoms with Crippen molar-refractivity contribution >= 4 is 23.4 Å². The lowest BCUT2D eigenvalue weighted by atomic mass is 9.99. The number of anilines is 1. The lowest BCUT2D eigenvalue weighted by molar-refractivity contribution is 0.0693. The van der Waals surface area contributed by atoms with E-state index in [4.69, 9.17) is 0 Å². The Hall–Kier alpha value is -3.02. The van der Waals surface area contributed by atoms with E-state index in [9.17, 15) is 18.8 Å². The van der Waals surface area contributed by atoms with E-state index in [1.807, 2.05) is 6.07 Å². The molecule has 3 amide bonds. The minimum atomic E-state index is -0.433. The average molecular weight is 338 g/mol. The quantitative estimate of drug-likeness (QED) is 0.751. The number of aryl methyl sites for hydroxylation is 1. The number of nitrogens with zero attached hydrogens (tertiary/aromatic N) is 2. The summed E-state index contributed by atoms with van der Waals surface area (Å²) in [6.07, 6.45) is 1.46. The van der Waals surface area contributed by atoms with E-state index in [0.29, 0.717) is 12.2 Å². The van der Waals surface area contributed by atoms with Crippen LogP contribution < -0.4 is 4.90 Å². The molecule has 0 atom stereocenters. The van der Waals surface area contributed by atoms with Gasteiger partial charge >= 0.3 is 0 Å². The average Bonchev–Trinajstić information content (AvgIpc) is 2.85. The highest BCUT2D eigenvalue weighted by molar-refractivity contribution is 6.22. The molecule has 0 unspecified atom stereocenters. The second-order valence-corrected chi connectivity index (χ2v) is 6.24. The molecule has 0 saturated heterocycles. The lowest BCUT2D eigenvalue weighted by Gasteiger charge is -2.30. The molecule has 0 N–H and O–H groups in total. The summed E-state index contributed by atoms with van der Waals surface area (Å²) in [5, 5.41) is 0. The molecular weight excluding hydrogens is 323 g/mol. The number of amides is 3. The SMILES string of the molecule is CN1C(=O)c2ccc(C(=O)N3CCCc4cccc(F)c43)cc2C1=O. The van der Waals surface area contributed by atoms with Crippen LogP contribution in [-0.4, -0.2) is 36.2 Å². The first-order chi connectivity index (χ1) is 12.0. The predicted molar refractivity (Wildman–Crippen MR) is 89.3 cm³/mol. The van der Waals surface area contributed by atoms with E-state index in [1.165, 1.54) is 36.2 Å². The normalized spacial score (nSPS) is 16.1. The molecule has 0 bridgehead atoms. The Morgan fingerprint density at radius 1 is 1.08 bits per heavy atom. The highest BCUT2D eigenvalue weighted by atomic mass is 19.1. The van der Waals surface area contributed by atoms with Crippen molar-refractivity contribution < 1.29 is 18.8 Å². The van der Waals surface area contributed by atoms with Crippen LogP contribution in [0.15, 0.2) is 36.4 Å². The van der Waals surface area contributed by atoms with Crippen LogP contribution in [-0.2, 0) is 6.42 Å². The van der Waals surface area contributed by atoms with Crippen molar-refractivity contribution in [3.05, 3.63) is 64.5 Å². The van der Waals surface area contributed by atoms with Crippen LogP contribution in [0.3, 0.4) is 0 Å². The van der Waals surface area contributed by atoms with Crippen molar-refractivity contribution in [2.45, 2.75) is 12.8 Å². The zero-order valence-electron chi connectivity index (χ0n) is 13.6. The van der Waals surface area contributed by atoms with Gasteiger partial charge in [-0.2, -0.15) is 0 Å². The van der Waals surface area contributed by atoms with Gasteiger partial charge in [0.05, 0.1) is 16.8 Å². The zero-order chi connectivity index (χ0) is 17.7. The number of carbonyl (C=O) groups excluding carboxylic acids is 3. The number of benzene rings is 2. The van der Waals surface area contributed by atoms with Gasteiger partial charge in [-0.1, -0.05) is 12.1 Å². The molecule has 0 aromatic heterocycles. The van der Waals surface area contributed by atoms with Gasteiger partial charge in [-0.05, 0) is 42.7 Å². The molecule has 0 radical (unpaired) electrons. The Kier molecular flexibility index (Phi) is 3.42. The maximum atomic E-state index is 14.3. The number of hydrogen-bond donors (Lipinski definition) is 0. The maximum absolute atomic E-state index is 14.3. The van der Waals surface area contributed by atoms with Crippen LogP contribution in [0.4, 0.5) is 10.1 Å². The summed E-state index contributed by atoms with van der Waals surface area (Å²) >= 11 is 0. The van der Waals surface area contributed by atoms with Crippen LogP contribution in [0, 0.1) is 5.82 Å². The Morgan fingerprint density at radius 3 is 2.64 bits per heavy atom. The molecule has 0 saturated carbocycles. The van der Waals surface area contributed by atoms with Gasteiger partial charge < -0.3 is 4.90 Å². The summed E-state index contributed by atoms with van der Waals surface area (Å²) in [6.45, 7) is 0.413. The minimum Gasteiger partial charge on any atom is -0.305 e. The molecule has 0 fully saturated rings. The molecule has 5 nitrogen and oxygen atoms in total. The highest BCUT2D eigenvalue weighted by Gasteiger charge is 2.34. The Bertz CT molecular complexity index is 938. The fourth-order valence-electron chi connectivity index (χ4n) is 3.46. The molecule has 25 heavy (non-hydrogen) atoms. The van der Waals surface area contributed by atoms with Crippen molar-refractivity contribution in [2.24, 2.45) is 0 Å². The van der Waals surface area contributed by atoms with E-state index in [1.54, 1.807) is 6.07 Å². The number of halogens is 1. The summed E-state index contributed by atoms with van der Waals surface area (Å²) in [5.74, 6) is -1.62. The first-order valence-electron chi connectivity index (χ1n) is 8.04. The Balaban J connectivity index is 1.75. The van der Waals surface area contributed by atoms with Gasteiger partial charge in [0.1, 0.15) is 5.82 Å². The zero-order valence-corrected chi connectivity index (χ0v) is 13.6. The molecule has 0 aliphatic carbocycles. The number of hydrogen-bond acceptors (Lipinski definition) is 3. The number of para-hydroxylation sites is 1. The van der Waals surface area contributed by atoms with Crippen molar-refractivity contribution in [2.75, 3.05) is 18.5 Å². The van der Waals surface area contributed by atoms with Crippen LogP contribution in [0.5, 0.6) is 0 Å². The van der Waals surface area contributed by atoms with E-state index in [2.05, 4.69) is 0 Å². The van der Waals surface area contributed by atoms with Crippen molar-refractivity contribution in [3.63, 3.8) is 0 Å². The first-order valence-corrected chi connectivity index (χ1v) is 8.04. The predicted octanol–water partition coefficient (Wildman–Crippen LogP) is 2.64. The van der Waals surface area contributed by atoms with Crippen LogP contribution >= 0.6 is 0 Å². The third-order valence-corrected chi connectivity index (χ3v) is 4.75. The van der Waals surface area contributed by atoms with E-state index >= 15 is 0 Å². The van der Waals surface area contributed by atoms with Gasteiger partial charge in [0.15, 0.2) is 0 Å². The number of carbonyl (C=O) groups is 3. The molecule has 126 valence electrons. The monoisotopic (exact) mass is 338 g/mol. The van der Waals surface area contributed by atoms with E-state index in [-0.39, 0.29) is 28.5 Å². The smallest absolute Gasteiger partial charge is 0.261 e. The fourth-order valence-corrected chi connectivity index (χ4v) is 3.46. The molecule has 2 aliphatic rings. The second kappa shape index (κ2) is 5.51. The Labute approximate surface area is 143 Å². The molecule has 2 aromatic rings. The third-order valence-electron chi connectivity index (χ3n) is 4.75. The minimum absolute atomic E-state index is 0.212. The standard InChI is InChI=1S/C19H15FN2O3/c1-21-18(24)13-8-7-12(10-14(13)19(21)25)17(23)22-9-3-5-11-4-2-6-15(20)16(11)22/h2,4,6-8,10H,3,5,9H2,1H3. The van der Waals surface area contributed by atoms with Gasteiger partial charge in [-0.15, -0.1) is 0 Å².